The van der Waals surface area contributed by atoms with Gasteiger partial charge in [-0.25, -0.2) is 4.79 Å². The number of nitrogens with zero attached hydrogens (tertiary/aromatic N) is 1. The molecule has 2 N–H and O–H groups in total. The molecule has 0 aromatic carbocycles. The summed E-state index contributed by atoms with van der Waals surface area (Å²) in [4.78, 5) is 16.9. The second-order valence-electron chi connectivity index (χ2n) is 6.18. The fourth-order valence-corrected chi connectivity index (χ4v) is 2.52. The van der Waals surface area contributed by atoms with Gasteiger partial charge in [0.1, 0.15) is 5.60 Å². The number of carbonyl (C=O) groups is 1. The quantitative estimate of drug-likeness (QED) is 0.847. The van der Waals surface area contributed by atoms with E-state index in [1.165, 1.54) is 17.7 Å². The summed E-state index contributed by atoms with van der Waals surface area (Å²) < 4.78 is 5.25. The minimum Gasteiger partial charge on any atom is -0.444 e. The van der Waals surface area contributed by atoms with Crippen molar-refractivity contribution >= 4 is 17.4 Å². The van der Waals surface area contributed by atoms with Crippen molar-refractivity contribution in [2.24, 2.45) is 5.92 Å². The van der Waals surface area contributed by atoms with Gasteiger partial charge < -0.3 is 15.4 Å². The Hall–Kier alpha value is -1.14. The van der Waals surface area contributed by atoms with Gasteiger partial charge >= 0.3 is 6.09 Å². The molecule has 1 heterocycles. The Morgan fingerprint density at radius 1 is 1.55 bits per heavy atom. The van der Waals surface area contributed by atoms with E-state index >= 15 is 0 Å². The van der Waals surface area contributed by atoms with Crippen LogP contribution in [0, 0.1) is 5.92 Å². The van der Waals surface area contributed by atoms with Gasteiger partial charge in [0, 0.05) is 30.2 Å². The van der Waals surface area contributed by atoms with Crippen LogP contribution >= 0.6 is 11.3 Å². The molecule has 0 radical (unpaired) electrons. The molecule has 0 saturated heterocycles. The number of hydrogen-bond acceptors (Lipinski definition) is 5. The molecule has 5 nitrogen and oxygen atoms in total. The molecule has 6 heteroatoms. The first kappa shape index (κ1) is 15.3. The number of amides is 1. The van der Waals surface area contributed by atoms with Crippen LogP contribution in [0.1, 0.15) is 38.5 Å². The van der Waals surface area contributed by atoms with Crippen molar-refractivity contribution in [3.8, 4) is 0 Å². The average Bonchev–Trinajstić information content (AvgIpc) is 3.03. The maximum atomic E-state index is 11.7. The molecule has 20 heavy (non-hydrogen) atoms. The zero-order chi connectivity index (χ0) is 14.6. The molecule has 1 saturated carbocycles. The van der Waals surface area contributed by atoms with Crippen molar-refractivity contribution in [1.82, 2.24) is 15.6 Å². The Morgan fingerprint density at radius 3 is 2.85 bits per heavy atom. The lowest BCUT2D eigenvalue weighted by atomic mass is 10.2. The smallest absolute Gasteiger partial charge is 0.407 e. The van der Waals surface area contributed by atoms with Crippen molar-refractivity contribution < 1.29 is 9.53 Å². The maximum Gasteiger partial charge on any atom is 0.407 e. The number of alkyl carbamates (subject to hydrolysis) is 1. The number of rotatable bonds is 6. The monoisotopic (exact) mass is 297 g/mol. The summed E-state index contributed by atoms with van der Waals surface area (Å²) in [7, 11) is 0. The first-order valence-electron chi connectivity index (χ1n) is 7.01. The molecule has 0 bridgehead atoms. The first-order valence-corrected chi connectivity index (χ1v) is 7.89. The molecule has 1 atom stereocenters. The first-order chi connectivity index (χ1) is 9.44. The SMILES string of the molecule is CC(C)(C)OC(=O)NCC(NCc1cncs1)C1CC1. The van der Waals surface area contributed by atoms with E-state index in [4.69, 9.17) is 4.74 Å². The Kier molecular flexibility index (Phi) is 4.99. The van der Waals surface area contributed by atoms with E-state index in [-0.39, 0.29) is 6.09 Å². The molecule has 1 unspecified atom stereocenters. The van der Waals surface area contributed by atoms with Gasteiger partial charge in [0.2, 0.25) is 0 Å². The van der Waals surface area contributed by atoms with E-state index in [1.54, 1.807) is 11.3 Å². The van der Waals surface area contributed by atoms with Crippen LogP contribution in [0.25, 0.3) is 0 Å². The van der Waals surface area contributed by atoms with Crippen molar-refractivity contribution in [3.05, 3.63) is 16.6 Å². The lowest BCUT2D eigenvalue weighted by Gasteiger charge is -2.22. The van der Waals surface area contributed by atoms with Crippen LogP contribution in [0.3, 0.4) is 0 Å². The summed E-state index contributed by atoms with van der Waals surface area (Å²) in [6.07, 6.45) is 4.00. The van der Waals surface area contributed by atoms with Gasteiger partial charge in [0.05, 0.1) is 5.51 Å². The number of thiazole rings is 1. The Bertz CT molecular complexity index is 424. The van der Waals surface area contributed by atoms with E-state index in [1.807, 2.05) is 32.5 Å². The Labute approximate surface area is 124 Å². The molecule has 112 valence electrons. The minimum atomic E-state index is -0.449. The fourth-order valence-electron chi connectivity index (χ4n) is 1.97. The van der Waals surface area contributed by atoms with E-state index in [0.717, 1.165) is 6.54 Å². The maximum absolute atomic E-state index is 11.7. The van der Waals surface area contributed by atoms with Crippen molar-refractivity contribution in [2.75, 3.05) is 6.54 Å². The number of aromatic nitrogens is 1. The summed E-state index contributed by atoms with van der Waals surface area (Å²) in [6.45, 7) is 7.02. The van der Waals surface area contributed by atoms with Crippen molar-refractivity contribution in [3.63, 3.8) is 0 Å². The van der Waals surface area contributed by atoms with Crippen molar-refractivity contribution in [1.29, 1.82) is 0 Å². The highest BCUT2D eigenvalue weighted by Gasteiger charge is 2.31. The molecule has 1 aromatic rings. The molecule has 1 fully saturated rings. The predicted octanol–water partition coefficient (Wildman–Crippen LogP) is 2.54. The van der Waals surface area contributed by atoms with Crippen LogP contribution in [-0.4, -0.2) is 29.3 Å². The number of hydrogen-bond donors (Lipinski definition) is 2. The summed E-state index contributed by atoms with van der Waals surface area (Å²) in [6, 6.07) is 0.310. The van der Waals surface area contributed by atoms with Crippen LogP contribution in [-0.2, 0) is 11.3 Å². The lowest BCUT2D eigenvalue weighted by molar-refractivity contribution is 0.0521. The number of carbonyl (C=O) groups excluding carboxylic acids is 1. The lowest BCUT2D eigenvalue weighted by Crippen LogP contribution is -2.43. The van der Waals surface area contributed by atoms with Gasteiger partial charge in [-0.15, -0.1) is 11.3 Å². The Balaban J connectivity index is 1.73. The van der Waals surface area contributed by atoms with Gasteiger partial charge in [0.25, 0.3) is 0 Å². The molecule has 0 aliphatic heterocycles. The van der Waals surface area contributed by atoms with E-state index in [9.17, 15) is 4.79 Å². The van der Waals surface area contributed by atoms with Crippen LogP contribution in [0.5, 0.6) is 0 Å². The van der Waals surface area contributed by atoms with Gasteiger partial charge in [-0.1, -0.05) is 0 Å². The largest absolute Gasteiger partial charge is 0.444 e. The molecule has 1 amide bonds. The predicted molar refractivity (Wildman–Crippen MR) is 79.7 cm³/mol. The fraction of sp³-hybridized carbons (Fsp3) is 0.714. The molecule has 1 aliphatic carbocycles. The van der Waals surface area contributed by atoms with E-state index < -0.39 is 5.60 Å². The second kappa shape index (κ2) is 6.54. The zero-order valence-corrected chi connectivity index (χ0v) is 13.1. The van der Waals surface area contributed by atoms with Crippen LogP contribution < -0.4 is 10.6 Å². The number of nitrogens with one attached hydrogen (secondary N) is 2. The number of ether oxygens (including phenoxy) is 1. The van der Waals surface area contributed by atoms with Gasteiger partial charge in [-0.2, -0.15) is 0 Å². The molecule has 2 rings (SSSR count). The molecular weight excluding hydrogens is 274 g/mol. The molecular formula is C14H23N3O2S. The van der Waals surface area contributed by atoms with Gasteiger partial charge in [-0.3, -0.25) is 4.98 Å². The van der Waals surface area contributed by atoms with Crippen LogP contribution in [0.2, 0.25) is 0 Å². The third-order valence-electron chi connectivity index (χ3n) is 3.08. The van der Waals surface area contributed by atoms with E-state index in [2.05, 4.69) is 15.6 Å². The highest BCUT2D eigenvalue weighted by atomic mass is 32.1. The summed E-state index contributed by atoms with van der Waals surface area (Å²) >= 11 is 1.64. The highest BCUT2D eigenvalue weighted by Crippen LogP contribution is 2.32. The van der Waals surface area contributed by atoms with Gasteiger partial charge in [0.15, 0.2) is 0 Å². The van der Waals surface area contributed by atoms with Gasteiger partial charge in [-0.05, 0) is 39.5 Å². The highest BCUT2D eigenvalue weighted by molar-refractivity contribution is 7.09. The van der Waals surface area contributed by atoms with Crippen LogP contribution in [0.15, 0.2) is 11.7 Å². The summed E-state index contributed by atoms with van der Waals surface area (Å²) in [5.74, 6) is 0.665. The topological polar surface area (TPSA) is 63.2 Å². The Morgan fingerprint density at radius 2 is 2.30 bits per heavy atom. The van der Waals surface area contributed by atoms with E-state index in [0.29, 0.717) is 18.5 Å². The normalized spacial score (nSPS) is 16.8. The molecule has 1 aliphatic rings. The standard InChI is InChI=1S/C14H23N3O2S/c1-14(2,3)19-13(18)17-8-12(10-4-5-10)16-7-11-6-15-9-20-11/h6,9-10,12,16H,4-5,7-8H2,1-3H3,(H,17,18). The van der Waals surface area contributed by atoms with Crippen molar-refractivity contribution in [2.45, 2.75) is 51.8 Å². The summed E-state index contributed by atoms with van der Waals surface area (Å²) in [5, 5.41) is 6.36. The molecule has 1 aromatic heterocycles. The third-order valence-corrected chi connectivity index (χ3v) is 3.86. The average molecular weight is 297 g/mol. The third kappa shape index (κ3) is 5.46. The zero-order valence-electron chi connectivity index (χ0n) is 12.3. The van der Waals surface area contributed by atoms with Crippen LogP contribution in [0.4, 0.5) is 4.79 Å². The minimum absolute atomic E-state index is 0.310. The molecule has 0 spiro atoms. The summed E-state index contributed by atoms with van der Waals surface area (Å²) in [5.41, 5.74) is 1.39. The second-order valence-corrected chi connectivity index (χ2v) is 7.15.